The number of rotatable bonds is 7. The molecule has 1 amide bonds. The summed E-state index contributed by atoms with van der Waals surface area (Å²) in [5, 5.41) is 10.7. The van der Waals surface area contributed by atoms with Crippen LogP contribution in [0, 0.1) is 17.7 Å². The number of sulfonamides is 1. The molecule has 0 radical (unpaired) electrons. The van der Waals surface area contributed by atoms with E-state index in [2.05, 4.69) is 5.10 Å². The van der Waals surface area contributed by atoms with E-state index in [1.54, 1.807) is 27.9 Å². The molecule has 186 valence electrons. The molecule has 1 aliphatic rings. The van der Waals surface area contributed by atoms with Crippen molar-refractivity contribution in [2.45, 2.75) is 25.8 Å². The second-order valence-corrected chi connectivity index (χ2v) is 10.9. The van der Waals surface area contributed by atoms with Crippen molar-refractivity contribution in [2.75, 3.05) is 10.7 Å². The van der Waals surface area contributed by atoms with Gasteiger partial charge in [-0.05, 0) is 60.9 Å². The molecule has 36 heavy (non-hydrogen) atoms. The molecule has 2 N–H and O–H groups in total. The van der Waals surface area contributed by atoms with Crippen LogP contribution < -0.4 is 10.0 Å². The van der Waals surface area contributed by atoms with E-state index in [0.29, 0.717) is 18.5 Å². The van der Waals surface area contributed by atoms with E-state index in [0.717, 1.165) is 22.2 Å². The Morgan fingerprint density at radius 3 is 2.36 bits per heavy atom. The van der Waals surface area contributed by atoms with Gasteiger partial charge in [0.05, 0.1) is 23.2 Å². The number of nitrogens with two attached hydrogens (primary N) is 1. The van der Waals surface area contributed by atoms with Crippen LogP contribution in [-0.2, 0) is 21.2 Å². The third-order valence-electron chi connectivity index (χ3n) is 6.94. The maximum absolute atomic E-state index is 13.8. The van der Waals surface area contributed by atoms with Crippen molar-refractivity contribution in [3.05, 3.63) is 90.4 Å². The van der Waals surface area contributed by atoms with Gasteiger partial charge in [0.1, 0.15) is 5.82 Å². The first-order chi connectivity index (χ1) is 17.2. The Morgan fingerprint density at radius 2 is 1.69 bits per heavy atom. The van der Waals surface area contributed by atoms with Gasteiger partial charge in [0.25, 0.3) is 0 Å². The fraction of sp³-hybridized carbons (Fsp3) is 0.259. The van der Waals surface area contributed by atoms with Crippen LogP contribution in [0.15, 0.2) is 79.0 Å². The molecule has 1 fully saturated rings. The highest BCUT2D eigenvalue weighted by molar-refractivity contribution is 7.89. The summed E-state index contributed by atoms with van der Waals surface area (Å²) in [5.41, 5.74) is 3.20. The van der Waals surface area contributed by atoms with Crippen LogP contribution >= 0.6 is 0 Å². The number of fused-ring (bicyclic) bond motifs is 1. The van der Waals surface area contributed by atoms with Crippen molar-refractivity contribution in [3.8, 4) is 5.69 Å². The van der Waals surface area contributed by atoms with Crippen LogP contribution in [-0.4, -0.2) is 35.9 Å². The Hall–Kier alpha value is -3.56. The number of primary sulfonamides is 1. The standard InChI is InChI=1S/C27H27FN4O3S/c1-2-25-24(17-36(29,34)35)23(14-18-6-4-3-5-7-18)27(33)31(25)22-12-13-26-19(15-22)16-30-32(26)21-10-8-20(28)9-11-21/h3-13,15-16,23-25H,2,14,17H2,1H3,(H2,29,34,35)/t23-,24-,25+/m0/s1. The molecule has 0 saturated carbocycles. The summed E-state index contributed by atoms with van der Waals surface area (Å²) in [7, 11) is -3.79. The van der Waals surface area contributed by atoms with Crippen molar-refractivity contribution in [2.24, 2.45) is 17.0 Å². The monoisotopic (exact) mass is 506 g/mol. The first-order valence-corrected chi connectivity index (χ1v) is 13.6. The van der Waals surface area contributed by atoms with E-state index < -0.39 is 21.9 Å². The third-order valence-corrected chi connectivity index (χ3v) is 7.79. The first kappa shape index (κ1) is 24.1. The lowest BCUT2D eigenvalue weighted by atomic mass is 9.86. The number of nitrogens with zero attached hydrogens (tertiary/aromatic N) is 3. The van der Waals surface area contributed by atoms with Crippen molar-refractivity contribution >= 4 is 32.5 Å². The highest BCUT2D eigenvalue weighted by atomic mass is 32.2. The zero-order valence-corrected chi connectivity index (χ0v) is 20.6. The zero-order valence-electron chi connectivity index (χ0n) is 19.8. The van der Waals surface area contributed by atoms with E-state index in [4.69, 9.17) is 5.14 Å². The lowest BCUT2D eigenvalue weighted by molar-refractivity contribution is -0.120. The molecule has 7 nitrogen and oxygen atoms in total. The second-order valence-electron chi connectivity index (χ2n) is 9.25. The van der Waals surface area contributed by atoms with Crippen molar-refractivity contribution in [1.82, 2.24) is 9.78 Å². The van der Waals surface area contributed by atoms with E-state index in [-0.39, 0.29) is 23.5 Å². The Balaban J connectivity index is 1.53. The van der Waals surface area contributed by atoms with E-state index in [1.807, 2.05) is 55.5 Å². The lowest BCUT2D eigenvalue weighted by Crippen LogP contribution is -2.37. The van der Waals surface area contributed by atoms with Crippen molar-refractivity contribution in [1.29, 1.82) is 0 Å². The third kappa shape index (κ3) is 4.64. The molecule has 1 saturated heterocycles. The summed E-state index contributed by atoms with van der Waals surface area (Å²) in [6, 6.07) is 21.0. The second kappa shape index (κ2) is 9.48. The number of hydrogen-bond acceptors (Lipinski definition) is 4. The molecule has 2 heterocycles. The van der Waals surface area contributed by atoms with E-state index in [9.17, 15) is 17.6 Å². The van der Waals surface area contributed by atoms with Gasteiger partial charge in [-0.2, -0.15) is 5.10 Å². The molecule has 4 aromatic rings. The van der Waals surface area contributed by atoms with Crippen molar-refractivity contribution in [3.63, 3.8) is 0 Å². The van der Waals surface area contributed by atoms with Gasteiger partial charge in [-0.15, -0.1) is 0 Å². The van der Waals surface area contributed by atoms with Gasteiger partial charge in [-0.1, -0.05) is 37.3 Å². The largest absolute Gasteiger partial charge is 0.309 e. The number of aromatic nitrogens is 2. The normalized spacial score (nSPS) is 20.4. The predicted octanol–water partition coefficient (Wildman–Crippen LogP) is 4.05. The first-order valence-electron chi connectivity index (χ1n) is 11.9. The minimum absolute atomic E-state index is 0.107. The predicted molar refractivity (Wildman–Crippen MR) is 138 cm³/mol. The quantitative estimate of drug-likeness (QED) is 0.409. The lowest BCUT2D eigenvalue weighted by Gasteiger charge is -2.27. The average Bonchev–Trinajstić information content (AvgIpc) is 3.38. The van der Waals surface area contributed by atoms with Crippen LogP contribution in [0.4, 0.5) is 10.1 Å². The molecular formula is C27H27FN4O3S. The number of carbonyl (C=O) groups excluding carboxylic acids is 1. The van der Waals surface area contributed by atoms with Gasteiger partial charge in [-0.3, -0.25) is 4.79 Å². The summed E-state index contributed by atoms with van der Waals surface area (Å²) >= 11 is 0. The number of benzene rings is 3. The van der Waals surface area contributed by atoms with Crippen LogP contribution in [0.5, 0.6) is 0 Å². The van der Waals surface area contributed by atoms with Gasteiger partial charge in [0.2, 0.25) is 15.9 Å². The van der Waals surface area contributed by atoms with Crippen LogP contribution in [0.3, 0.4) is 0 Å². The summed E-state index contributed by atoms with van der Waals surface area (Å²) in [6.45, 7) is 1.96. The van der Waals surface area contributed by atoms with Gasteiger partial charge in [-0.25, -0.2) is 22.6 Å². The Bertz CT molecular complexity index is 1500. The zero-order chi connectivity index (χ0) is 25.4. The number of halogens is 1. The average molecular weight is 507 g/mol. The summed E-state index contributed by atoms with van der Waals surface area (Å²) in [4.78, 5) is 15.5. The van der Waals surface area contributed by atoms with Crippen LogP contribution in [0.2, 0.25) is 0 Å². The maximum atomic E-state index is 13.8. The highest BCUT2D eigenvalue weighted by Crippen LogP contribution is 2.40. The molecule has 3 aromatic carbocycles. The molecule has 3 atom stereocenters. The van der Waals surface area contributed by atoms with Gasteiger partial charge < -0.3 is 4.90 Å². The number of carbonyl (C=O) groups is 1. The number of amides is 1. The SMILES string of the molecule is CC[C@@H]1[C@@H](CS(N)(=O)=O)[C@H](Cc2ccccc2)C(=O)N1c1ccc2c(cnn2-c2ccc(F)cc2)c1. The maximum Gasteiger partial charge on any atom is 0.231 e. The van der Waals surface area contributed by atoms with Gasteiger partial charge in [0, 0.05) is 29.0 Å². The molecule has 0 spiro atoms. The fourth-order valence-corrected chi connectivity index (χ4v) is 6.34. The minimum Gasteiger partial charge on any atom is -0.309 e. The molecule has 1 aliphatic heterocycles. The molecule has 0 aliphatic carbocycles. The summed E-state index contributed by atoms with van der Waals surface area (Å²) in [6.07, 6.45) is 2.73. The smallest absolute Gasteiger partial charge is 0.231 e. The Labute approximate surface area is 209 Å². The molecule has 1 aromatic heterocycles. The molecule has 9 heteroatoms. The Kier molecular flexibility index (Phi) is 6.36. The number of hydrogen-bond donors (Lipinski definition) is 1. The van der Waals surface area contributed by atoms with Gasteiger partial charge in [0.15, 0.2) is 0 Å². The Morgan fingerprint density at radius 1 is 1.00 bits per heavy atom. The highest BCUT2D eigenvalue weighted by Gasteiger charge is 2.48. The molecular weight excluding hydrogens is 479 g/mol. The van der Waals surface area contributed by atoms with E-state index in [1.165, 1.54) is 12.1 Å². The van der Waals surface area contributed by atoms with E-state index >= 15 is 0 Å². The minimum atomic E-state index is -3.79. The molecule has 0 bridgehead atoms. The van der Waals surface area contributed by atoms with Crippen molar-refractivity contribution < 1.29 is 17.6 Å². The topological polar surface area (TPSA) is 98.3 Å². The van der Waals surface area contributed by atoms with Gasteiger partial charge >= 0.3 is 0 Å². The molecule has 5 rings (SSSR count). The van der Waals surface area contributed by atoms with Crippen LogP contribution in [0.25, 0.3) is 16.6 Å². The molecule has 0 unspecified atom stereocenters. The number of anilines is 1. The fourth-order valence-electron chi connectivity index (χ4n) is 5.35. The summed E-state index contributed by atoms with van der Waals surface area (Å²) in [5.74, 6) is -1.63. The summed E-state index contributed by atoms with van der Waals surface area (Å²) < 4.78 is 39.4. The van der Waals surface area contributed by atoms with Crippen LogP contribution in [0.1, 0.15) is 18.9 Å².